The van der Waals surface area contributed by atoms with Crippen LogP contribution in [-0.4, -0.2) is 28.9 Å². The average Bonchev–Trinajstić information content (AvgIpc) is 2.78. The summed E-state index contributed by atoms with van der Waals surface area (Å²) in [7, 11) is 0. The van der Waals surface area contributed by atoms with Crippen molar-refractivity contribution in [3.8, 4) is 17.0 Å². The van der Waals surface area contributed by atoms with Gasteiger partial charge >= 0.3 is 12.4 Å². The molecule has 0 saturated heterocycles. The number of nitrogens with zero attached hydrogens (tertiary/aromatic N) is 2. The number of carbonyl (C=O) groups excluding carboxylic acids is 1. The highest BCUT2D eigenvalue weighted by molar-refractivity contribution is 6.03. The number of hydrogen-bond donors (Lipinski definition) is 0. The Hall–Kier alpha value is -3.56. The van der Waals surface area contributed by atoms with Gasteiger partial charge in [-0.05, 0) is 48.7 Å². The van der Waals surface area contributed by atoms with Gasteiger partial charge < -0.3 is 9.64 Å². The van der Waals surface area contributed by atoms with E-state index in [1.165, 1.54) is 4.90 Å². The van der Waals surface area contributed by atoms with Crippen LogP contribution >= 0.6 is 0 Å². The Morgan fingerprint density at radius 2 is 1.57 bits per heavy atom. The van der Waals surface area contributed by atoms with Gasteiger partial charge in [-0.1, -0.05) is 30.3 Å². The number of halogens is 6. The van der Waals surface area contributed by atoms with Gasteiger partial charge in [-0.3, -0.25) is 4.79 Å². The second-order valence-electron chi connectivity index (χ2n) is 8.20. The van der Waals surface area contributed by atoms with Crippen molar-refractivity contribution >= 4 is 5.91 Å². The first-order chi connectivity index (χ1) is 16.4. The van der Waals surface area contributed by atoms with Crippen LogP contribution in [0.1, 0.15) is 39.2 Å². The molecule has 0 radical (unpaired) electrons. The number of alkyl halides is 6. The van der Waals surface area contributed by atoms with Crippen LogP contribution in [0.25, 0.3) is 11.1 Å². The summed E-state index contributed by atoms with van der Waals surface area (Å²) in [6.07, 6.45) is -9.62. The van der Waals surface area contributed by atoms with Crippen LogP contribution in [0, 0.1) is 6.92 Å². The molecule has 0 aliphatic carbocycles. The van der Waals surface area contributed by atoms with Crippen molar-refractivity contribution in [2.75, 3.05) is 13.2 Å². The summed E-state index contributed by atoms with van der Waals surface area (Å²) in [6, 6.07) is 12.0. The number of aromatic nitrogens is 1. The van der Waals surface area contributed by atoms with E-state index in [0.29, 0.717) is 35.4 Å². The van der Waals surface area contributed by atoms with Crippen LogP contribution < -0.4 is 4.74 Å². The van der Waals surface area contributed by atoms with E-state index < -0.39 is 35.9 Å². The molecule has 0 saturated carbocycles. The van der Waals surface area contributed by atoms with Gasteiger partial charge in [-0.15, -0.1) is 0 Å². The van der Waals surface area contributed by atoms with Crippen molar-refractivity contribution < 1.29 is 35.9 Å². The second kappa shape index (κ2) is 9.24. The Balaban J connectivity index is 1.79. The highest BCUT2D eigenvalue weighted by atomic mass is 19.4. The molecular formula is C25H20F6N2O2. The molecule has 3 aromatic rings. The minimum Gasteiger partial charge on any atom is -0.477 e. The summed E-state index contributed by atoms with van der Waals surface area (Å²) in [5, 5.41) is 0. The zero-order chi connectivity index (χ0) is 25.4. The number of benzene rings is 2. The topological polar surface area (TPSA) is 42.4 Å². The maximum Gasteiger partial charge on any atom is 0.416 e. The molecular weight excluding hydrogens is 474 g/mol. The van der Waals surface area contributed by atoms with E-state index in [4.69, 9.17) is 4.74 Å². The normalized spacial score (nSPS) is 14.7. The third-order valence-electron chi connectivity index (χ3n) is 5.53. The number of amides is 1. The molecule has 10 heteroatoms. The van der Waals surface area contributed by atoms with E-state index in [-0.39, 0.29) is 36.2 Å². The van der Waals surface area contributed by atoms with Gasteiger partial charge in [0, 0.05) is 24.3 Å². The molecule has 4 nitrogen and oxygen atoms in total. The summed E-state index contributed by atoms with van der Waals surface area (Å²) >= 11 is 0. The number of ether oxygens (including phenoxy) is 1. The van der Waals surface area contributed by atoms with Crippen molar-refractivity contribution in [3.05, 3.63) is 82.5 Å². The van der Waals surface area contributed by atoms with Crippen LogP contribution in [0.15, 0.2) is 54.6 Å². The van der Waals surface area contributed by atoms with Gasteiger partial charge in [0.05, 0.1) is 17.7 Å². The Morgan fingerprint density at radius 3 is 2.17 bits per heavy atom. The second-order valence-corrected chi connectivity index (χ2v) is 8.20. The molecule has 2 heterocycles. The van der Waals surface area contributed by atoms with Crippen molar-refractivity contribution in [3.63, 3.8) is 0 Å². The molecule has 184 valence electrons. The first-order valence-electron chi connectivity index (χ1n) is 10.7. The Labute approximate surface area is 197 Å². The van der Waals surface area contributed by atoms with E-state index in [1.807, 2.05) is 0 Å². The fourth-order valence-corrected chi connectivity index (χ4v) is 3.97. The quantitative estimate of drug-likeness (QED) is 0.390. The lowest BCUT2D eigenvalue weighted by molar-refractivity contribution is -0.143. The predicted octanol–water partition coefficient (Wildman–Crippen LogP) is 6.52. The van der Waals surface area contributed by atoms with E-state index in [2.05, 4.69) is 4.98 Å². The molecule has 0 fully saturated rings. The van der Waals surface area contributed by atoms with Gasteiger partial charge in [0.1, 0.15) is 5.56 Å². The van der Waals surface area contributed by atoms with E-state index >= 15 is 0 Å². The Bertz CT molecular complexity index is 1210. The monoisotopic (exact) mass is 494 g/mol. The number of fused-ring (bicyclic) bond motifs is 1. The number of rotatable bonds is 3. The van der Waals surface area contributed by atoms with Gasteiger partial charge in [0.15, 0.2) is 0 Å². The van der Waals surface area contributed by atoms with Crippen molar-refractivity contribution in [1.29, 1.82) is 0 Å². The van der Waals surface area contributed by atoms with Gasteiger partial charge in [-0.2, -0.15) is 26.3 Å². The molecule has 1 aliphatic rings. The third-order valence-corrected chi connectivity index (χ3v) is 5.53. The predicted molar refractivity (Wildman–Crippen MR) is 116 cm³/mol. The van der Waals surface area contributed by atoms with Crippen molar-refractivity contribution in [2.24, 2.45) is 0 Å². The Morgan fingerprint density at radius 1 is 0.943 bits per heavy atom. The van der Waals surface area contributed by atoms with Gasteiger partial charge in [-0.25, -0.2) is 4.98 Å². The first kappa shape index (κ1) is 24.6. The average molecular weight is 494 g/mol. The van der Waals surface area contributed by atoms with Crippen LogP contribution in [0.3, 0.4) is 0 Å². The SMILES string of the molecule is Cc1cc(-c2ccccc2)c2c(n1)OCCCN(Cc1cc(C(F)(F)F)cc(C(F)(F)F)c1)C2=O. The summed E-state index contributed by atoms with van der Waals surface area (Å²) in [5.41, 5.74) is -1.19. The maximum absolute atomic E-state index is 13.6. The molecule has 35 heavy (non-hydrogen) atoms. The smallest absolute Gasteiger partial charge is 0.416 e. The fraction of sp³-hybridized carbons (Fsp3) is 0.280. The minimum atomic E-state index is -4.97. The molecule has 4 rings (SSSR count). The molecule has 1 amide bonds. The highest BCUT2D eigenvalue weighted by Crippen LogP contribution is 2.37. The number of aryl methyl sites for hydroxylation is 1. The molecule has 0 bridgehead atoms. The molecule has 0 spiro atoms. The molecule has 0 unspecified atom stereocenters. The lowest BCUT2D eigenvalue weighted by atomic mass is 9.98. The summed E-state index contributed by atoms with van der Waals surface area (Å²) in [4.78, 5) is 19.2. The standard InChI is InChI=1S/C25H20F6N2O2/c1-15-10-20(17-6-3-2-4-7-17)21-22(32-15)35-9-5-8-33(23(21)34)14-16-11-18(24(26,27)28)13-19(12-16)25(29,30)31/h2-4,6-7,10-13H,5,8-9,14H2,1H3. The number of pyridine rings is 1. The molecule has 1 aromatic heterocycles. The maximum atomic E-state index is 13.6. The summed E-state index contributed by atoms with van der Waals surface area (Å²) < 4.78 is 85.6. The van der Waals surface area contributed by atoms with Gasteiger partial charge in [0.25, 0.3) is 5.91 Å². The van der Waals surface area contributed by atoms with Crippen LogP contribution in [-0.2, 0) is 18.9 Å². The van der Waals surface area contributed by atoms with Crippen molar-refractivity contribution in [1.82, 2.24) is 9.88 Å². The summed E-state index contributed by atoms with van der Waals surface area (Å²) in [5.74, 6) is -0.504. The zero-order valence-electron chi connectivity index (χ0n) is 18.5. The summed E-state index contributed by atoms with van der Waals surface area (Å²) in [6.45, 7) is 1.56. The Kier molecular flexibility index (Phi) is 6.48. The number of carbonyl (C=O) groups is 1. The number of hydrogen-bond acceptors (Lipinski definition) is 3. The van der Waals surface area contributed by atoms with Crippen LogP contribution in [0.2, 0.25) is 0 Å². The van der Waals surface area contributed by atoms with Crippen LogP contribution in [0.5, 0.6) is 5.88 Å². The lowest BCUT2D eigenvalue weighted by Gasteiger charge is -2.28. The molecule has 1 aliphatic heterocycles. The minimum absolute atomic E-state index is 0.0716. The van der Waals surface area contributed by atoms with Gasteiger partial charge in [0.2, 0.25) is 5.88 Å². The van der Waals surface area contributed by atoms with E-state index in [0.717, 1.165) is 0 Å². The fourth-order valence-electron chi connectivity index (χ4n) is 3.97. The largest absolute Gasteiger partial charge is 0.477 e. The first-order valence-corrected chi connectivity index (χ1v) is 10.7. The van der Waals surface area contributed by atoms with E-state index in [1.54, 1.807) is 43.3 Å². The lowest BCUT2D eigenvalue weighted by Crippen LogP contribution is -2.35. The molecule has 2 aromatic carbocycles. The molecule has 0 atom stereocenters. The van der Waals surface area contributed by atoms with E-state index in [9.17, 15) is 31.1 Å². The zero-order valence-corrected chi connectivity index (χ0v) is 18.5. The van der Waals surface area contributed by atoms with Crippen molar-refractivity contribution in [2.45, 2.75) is 32.2 Å². The van der Waals surface area contributed by atoms with Crippen LogP contribution in [0.4, 0.5) is 26.3 Å². The molecule has 0 N–H and O–H groups in total. The highest BCUT2D eigenvalue weighted by Gasteiger charge is 2.37. The third kappa shape index (κ3) is 5.41.